The molecular weight excluding hydrogens is 320 g/mol. The van der Waals surface area contributed by atoms with Crippen LogP contribution in [0.15, 0.2) is 12.2 Å². The standard InChI is InChI=1S/C19H36O4Si/c1-13(2)11-24(12-14(3)4,19(15(5)6)16(7)8)23-18(22)10-9-17(20)21/h9-10,13-16,19H,11-12H2,1-8H3,(H,20,21)/b10-9-. The highest BCUT2D eigenvalue weighted by molar-refractivity contribution is 6.77. The van der Waals surface area contributed by atoms with E-state index in [1.807, 2.05) is 0 Å². The van der Waals surface area contributed by atoms with Crippen LogP contribution in [-0.4, -0.2) is 25.4 Å². The first kappa shape index (κ1) is 22.9. The van der Waals surface area contributed by atoms with Gasteiger partial charge in [0, 0.05) is 12.2 Å². The molecule has 0 heterocycles. The zero-order valence-corrected chi connectivity index (χ0v) is 17.6. The van der Waals surface area contributed by atoms with Crippen molar-refractivity contribution < 1.29 is 19.1 Å². The number of hydrogen-bond donors (Lipinski definition) is 1. The second kappa shape index (κ2) is 10.0. The summed E-state index contributed by atoms with van der Waals surface area (Å²) in [5.74, 6) is 0.0852. The van der Waals surface area contributed by atoms with Crippen molar-refractivity contribution in [3.63, 3.8) is 0 Å². The molecule has 0 aromatic heterocycles. The predicted molar refractivity (Wildman–Crippen MR) is 101 cm³/mol. The van der Waals surface area contributed by atoms with Crippen LogP contribution in [0, 0.1) is 23.7 Å². The minimum Gasteiger partial charge on any atom is -0.516 e. The Morgan fingerprint density at radius 2 is 1.29 bits per heavy atom. The highest BCUT2D eigenvalue weighted by Crippen LogP contribution is 2.45. The summed E-state index contributed by atoms with van der Waals surface area (Å²) in [5, 5.41) is 8.75. The zero-order chi connectivity index (χ0) is 19.1. The maximum atomic E-state index is 12.3. The van der Waals surface area contributed by atoms with Crippen LogP contribution in [0.3, 0.4) is 0 Å². The Labute approximate surface area is 148 Å². The van der Waals surface area contributed by atoms with Crippen LogP contribution in [-0.2, 0) is 14.0 Å². The number of carboxylic acids is 1. The van der Waals surface area contributed by atoms with Gasteiger partial charge in [0.2, 0.25) is 0 Å². The normalized spacial score (nSPS) is 13.0. The van der Waals surface area contributed by atoms with Gasteiger partial charge in [0.25, 0.3) is 8.32 Å². The molecule has 0 aromatic rings. The van der Waals surface area contributed by atoms with Gasteiger partial charge >= 0.3 is 11.9 Å². The summed E-state index contributed by atoms with van der Waals surface area (Å²) in [6, 6.07) is 1.83. The molecule has 0 radical (unpaired) electrons. The van der Waals surface area contributed by atoms with Crippen molar-refractivity contribution in [1.29, 1.82) is 0 Å². The van der Waals surface area contributed by atoms with Gasteiger partial charge in [-0.05, 0) is 41.3 Å². The fraction of sp³-hybridized carbons (Fsp3) is 0.789. The number of rotatable bonds is 10. The van der Waals surface area contributed by atoms with Crippen molar-refractivity contribution >= 4 is 20.3 Å². The minimum absolute atomic E-state index is 0.351. The molecule has 0 saturated heterocycles. The fourth-order valence-corrected chi connectivity index (χ4v) is 10.9. The van der Waals surface area contributed by atoms with Crippen LogP contribution < -0.4 is 0 Å². The molecule has 0 aliphatic carbocycles. The van der Waals surface area contributed by atoms with Crippen molar-refractivity contribution in [2.24, 2.45) is 23.7 Å². The lowest BCUT2D eigenvalue weighted by Crippen LogP contribution is -2.50. The first-order valence-corrected chi connectivity index (χ1v) is 11.4. The maximum Gasteiger partial charge on any atom is 0.328 e. The third-order valence-electron chi connectivity index (χ3n) is 4.22. The molecule has 0 aromatic carbocycles. The van der Waals surface area contributed by atoms with Gasteiger partial charge in [0.1, 0.15) is 0 Å². The van der Waals surface area contributed by atoms with Crippen LogP contribution in [0.2, 0.25) is 17.6 Å². The molecule has 0 bridgehead atoms. The first-order chi connectivity index (χ1) is 10.9. The minimum atomic E-state index is -2.41. The molecule has 24 heavy (non-hydrogen) atoms. The molecule has 0 atom stereocenters. The second-order valence-corrected chi connectivity index (χ2v) is 12.2. The van der Waals surface area contributed by atoms with E-state index >= 15 is 0 Å². The summed E-state index contributed by atoms with van der Waals surface area (Å²) in [6.07, 6.45) is 1.93. The van der Waals surface area contributed by atoms with Crippen LogP contribution >= 0.6 is 0 Å². The summed E-state index contributed by atoms with van der Waals surface area (Å²) in [6.45, 7) is 17.5. The van der Waals surface area contributed by atoms with Crippen LogP contribution in [0.5, 0.6) is 0 Å². The molecule has 0 amide bonds. The second-order valence-electron chi connectivity index (χ2n) is 8.37. The van der Waals surface area contributed by atoms with E-state index in [2.05, 4.69) is 55.4 Å². The largest absolute Gasteiger partial charge is 0.516 e. The summed E-state index contributed by atoms with van der Waals surface area (Å²) < 4.78 is 6.14. The average Bonchev–Trinajstić information content (AvgIpc) is 2.32. The molecule has 0 aliphatic heterocycles. The van der Waals surface area contributed by atoms with E-state index in [1.54, 1.807) is 0 Å². The summed E-state index contributed by atoms with van der Waals surface area (Å²) in [5.41, 5.74) is 0.351. The third kappa shape index (κ3) is 7.64. The maximum absolute atomic E-state index is 12.3. The Kier molecular flexibility index (Phi) is 9.56. The molecule has 1 N–H and O–H groups in total. The first-order valence-electron chi connectivity index (χ1n) is 9.05. The lowest BCUT2D eigenvalue weighted by Gasteiger charge is -2.44. The predicted octanol–water partition coefficient (Wildman–Crippen LogP) is 5.11. The lowest BCUT2D eigenvalue weighted by atomic mass is 10.00. The molecule has 140 valence electrons. The third-order valence-corrected chi connectivity index (χ3v) is 10.4. The van der Waals surface area contributed by atoms with Crippen LogP contribution in [0.25, 0.3) is 0 Å². The highest BCUT2D eigenvalue weighted by Gasteiger charge is 2.49. The smallest absolute Gasteiger partial charge is 0.328 e. The summed E-state index contributed by atoms with van der Waals surface area (Å²) >= 11 is 0. The number of carbonyl (C=O) groups excluding carboxylic acids is 1. The molecule has 0 saturated carbocycles. The molecule has 0 unspecified atom stereocenters. The fourth-order valence-electron chi connectivity index (χ4n) is 4.25. The number of aliphatic carboxylic acids is 1. The number of hydrogen-bond acceptors (Lipinski definition) is 3. The quantitative estimate of drug-likeness (QED) is 0.436. The molecule has 0 fully saturated rings. The van der Waals surface area contributed by atoms with Gasteiger partial charge in [-0.25, -0.2) is 9.59 Å². The molecule has 4 nitrogen and oxygen atoms in total. The van der Waals surface area contributed by atoms with Crippen molar-refractivity contribution in [2.75, 3.05) is 0 Å². The summed E-state index contributed by atoms with van der Waals surface area (Å²) in [7, 11) is -2.41. The monoisotopic (exact) mass is 356 g/mol. The van der Waals surface area contributed by atoms with Crippen molar-refractivity contribution in [2.45, 2.75) is 73.0 Å². The van der Waals surface area contributed by atoms with E-state index in [1.165, 1.54) is 0 Å². The van der Waals surface area contributed by atoms with Gasteiger partial charge in [0.05, 0.1) is 0 Å². The van der Waals surface area contributed by atoms with Gasteiger partial charge < -0.3 is 9.53 Å². The van der Waals surface area contributed by atoms with E-state index in [4.69, 9.17) is 9.53 Å². The molecule has 5 heteroatoms. The molecular formula is C19H36O4Si. The number of carbonyl (C=O) groups is 2. The van der Waals surface area contributed by atoms with E-state index < -0.39 is 20.3 Å². The van der Waals surface area contributed by atoms with E-state index in [-0.39, 0.29) is 0 Å². The van der Waals surface area contributed by atoms with E-state index in [9.17, 15) is 9.59 Å². The Morgan fingerprint density at radius 3 is 1.58 bits per heavy atom. The number of carboxylic acid groups (broad SMARTS) is 1. The van der Waals surface area contributed by atoms with Gasteiger partial charge in [-0.15, -0.1) is 0 Å². The van der Waals surface area contributed by atoms with E-state index in [0.717, 1.165) is 24.2 Å². The van der Waals surface area contributed by atoms with Crippen molar-refractivity contribution in [3.8, 4) is 0 Å². The van der Waals surface area contributed by atoms with Crippen LogP contribution in [0.1, 0.15) is 55.4 Å². The Bertz CT molecular complexity index is 421. The molecule has 0 aliphatic rings. The SMILES string of the molecule is CC(C)C[Si](CC(C)C)(OC(=O)/C=C\C(=O)O)C(C(C)C)C(C)C. The Hall–Kier alpha value is -1.10. The average molecular weight is 357 g/mol. The molecule has 0 rings (SSSR count). The lowest BCUT2D eigenvalue weighted by molar-refractivity contribution is -0.133. The van der Waals surface area contributed by atoms with E-state index in [0.29, 0.717) is 29.2 Å². The highest BCUT2D eigenvalue weighted by atomic mass is 28.4. The van der Waals surface area contributed by atoms with Crippen LogP contribution in [0.4, 0.5) is 0 Å². The Morgan fingerprint density at radius 1 is 0.875 bits per heavy atom. The van der Waals surface area contributed by atoms with Gasteiger partial charge in [-0.1, -0.05) is 55.4 Å². The molecule has 0 spiro atoms. The van der Waals surface area contributed by atoms with Gasteiger partial charge in [-0.2, -0.15) is 0 Å². The zero-order valence-electron chi connectivity index (χ0n) is 16.6. The van der Waals surface area contributed by atoms with Gasteiger partial charge in [0.15, 0.2) is 0 Å². The van der Waals surface area contributed by atoms with Gasteiger partial charge in [-0.3, -0.25) is 0 Å². The van der Waals surface area contributed by atoms with Crippen molar-refractivity contribution in [3.05, 3.63) is 12.2 Å². The Balaban J connectivity index is 5.88. The van der Waals surface area contributed by atoms with Crippen molar-refractivity contribution in [1.82, 2.24) is 0 Å². The topological polar surface area (TPSA) is 63.6 Å². The summed E-state index contributed by atoms with van der Waals surface area (Å²) in [4.78, 5) is 23.0.